The van der Waals surface area contributed by atoms with Crippen LogP contribution in [0.25, 0.3) is 5.57 Å². The summed E-state index contributed by atoms with van der Waals surface area (Å²) in [7, 11) is 0. The summed E-state index contributed by atoms with van der Waals surface area (Å²) in [6, 6.07) is 13.9. The Kier molecular flexibility index (Phi) is 4.97. The molecular weight excluding hydrogens is 422 g/mol. The number of hydrogen-bond donors (Lipinski definition) is 4. The number of amides is 1. The predicted molar refractivity (Wildman–Crippen MR) is 111 cm³/mol. The molecule has 0 bridgehead atoms. The van der Waals surface area contributed by atoms with E-state index in [4.69, 9.17) is 4.74 Å². The highest BCUT2D eigenvalue weighted by molar-refractivity contribution is 8.05. The molecule has 1 amide bonds. The van der Waals surface area contributed by atoms with Crippen molar-refractivity contribution < 1.29 is 34.8 Å². The fraction of sp³-hybridized carbons (Fsp3) is 0.273. The van der Waals surface area contributed by atoms with Crippen LogP contribution in [0.3, 0.4) is 0 Å². The van der Waals surface area contributed by atoms with Crippen molar-refractivity contribution in [2.75, 3.05) is 11.5 Å². The molecule has 0 unspecified atom stereocenters. The Hall–Kier alpha value is -2.53. The number of para-hydroxylation sites is 1. The number of rotatable bonds is 2. The highest BCUT2D eigenvalue weighted by Crippen LogP contribution is 2.49. The molecule has 0 aliphatic carbocycles. The predicted octanol–water partition coefficient (Wildman–Crippen LogP) is 0.533. The first-order valence-corrected chi connectivity index (χ1v) is 10.5. The third-order valence-corrected chi connectivity index (χ3v) is 6.93. The standard InChI is InChI=1S/C22H19NO7S/c24-9-13-17(26)18(27)19(28)22(30-13)23-12-7-3-1-5-10(12)15(21(23)29)20-16(25)11-6-2-4-8-14(11)31-20/h1-8,13,17-19,22,24,26-28H,9H2/b20-15-/t13-,17-,18+,19+,22+/m1/s1. The molecule has 8 nitrogen and oxygen atoms in total. The number of carbonyl (C=O) groups excluding carboxylic acids is 2. The summed E-state index contributed by atoms with van der Waals surface area (Å²) in [5.41, 5.74) is 1.63. The van der Waals surface area contributed by atoms with Crippen molar-refractivity contribution in [2.24, 2.45) is 0 Å². The van der Waals surface area contributed by atoms with E-state index in [2.05, 4.69) is 0 Å². The van der Waals surface area contributed by atoms with Crippen LogP contribution in [0.4, 0.5) is 5.69 Å². The number of hydrogen-bond acceptors (Lipinski definition) is 8. The third kappa shape index (κ3) is 2.97. The van der Waals surface area contributed by atoms with Crippen LogP contribution < -0.4 is 4.90 Å². The molecule has 3 aliphatic heterocycles. The minimum atomic E-state index is -1.63. The molecule has 160 valence electrons. The summed E-state index contributed by atoms with van der Waals surface area (Å²) in [4.78, 5) is 28.8. The van der Waals surface area contributed by atoms with Gasteiger partial charge in [-0.05, 0) is 18.2 Å². The maximum atomic E-state index is 13.6. The van der Waals surface area contributed by atoms with Gasteiger partial charge in [-0.3, -0.25) is 14.5 Å². The highest BCUT2D eigenvalue weighted by Gasteiger charge is 2.51. The van der Waals surface area contributed by atoms with E-state index in [1.807, 2.05) is 12.1 Å². The Bertz CT molecular complexity index is 1110. The zero-order chi connectivity index (χ0) is 21.9. The number of carbonyl (C=O) groups is 2. The van der Waals surface area contributed by atoms with Crippen molar-refractivity contribution >= 4 is 34.7 Å². The highest BCUT2D eigenvalue weighted by atomic mass is 32.2. The first-order chi connectivity index (χ1) is 14.9. The van der Waals surface area contributed by atoms with Gasteiger partial charge >= 0.3 is 0 Å². The number of nitrogens with zero attached hydrogens (tertiary/aromatic N) is 1. The number of fused-ring (bicyclic) bond motifs is 2. The summed E-state index contributed by atoms with van der Waals surface area (Å²) < 4.78 is 5.62. The van der Waals surface area contributed by atoms with E-state index in [0.29, 0.717) is 16.8 Å². The topological polar surface area (TPSA) is 128 Å². The van der Waals surface area contributed by atoms with Crippen molar-refractivity contribution in [3.8, 4) is 0 Å². The number of anilines is 1. The van der Waals surface area contributed by atoms with Gasteiger partial charge in [-0.2, -0.15) is 0 Å². The SMILES string of the molecule is O=C1/C(=C2/C(=O)N([C@H]3O[C@H](CO)[C@@H](O)[C@H](O)[C@@H]3O)c3ccccc32)Sc2ccccc21. The lowest BCUT2D eigenvalue weighted by Crippen LogP contribution is -2.63. The Morgan fingerprint density at radius 3 is 2.29 bits per heavy atom. The van der Waals surface area contributed by atoms with E-state index in [-0.39, 0.29) is 16.3 Å². The van der Waals surface area contributed by atoms with E-state index in [1.165, 1.54) is 16.7 Å². The van der Waals surface area contributed by atoms with E-state index in [0.717, 1.165) is 4.90 Å². The molecule has 3 aliphatic rings. The van der Waals surface area contributed by atoms with Crippen LogP contribution in [0.15, 0.2) is 58.3 Å². The van der Waals surface area contributed by atoms with Crippen LogP contribution in [0.5, 0.6) is 0 Å². The molecule has 0 saturated carbocycles. The van der Waals surface area contributed by atoms with Crippen LogP contribution in [-0.2, 0) is 9.53 Å². The number of allylic oxidation sites excluding steroid dienone is 1. The Morgan fingerprint density at radius 1 is 0.903 bits per heavy atom. The second-order valence-corrected chi connectivity index (χ2v) is 8.60. The summed E-state index contributed by atoms with van der Waals surface area (Å²) in [5.74, 6) is -0.816. The van der Waals surface area contributed by atoms with E-state index >= 15 is 0 Å². The second-order valence-electron chi connectivity index (χ2n) is 7.54. The van der Waals surface area contributed by atoms with Gasteiger partial charge in [0.15, 0.2) is 6.23 Å². The molecule has 0 aromatic heterocycles. The molecule has 4 N–H and O–H groups in total. The molecule has 9 heteroatoms. The Balaban J connectivity index is 1.62. The minimum Gasteiger partial charge on any atom is -0.394 e. The molecule has 0 spiro atoms. The van der Waals surface area contributed by atoms with Crippen LogP contribution in [-0.4, -0.2) is 69.4 Å². The first kappa shape index (κ1) is 20.4. The maximum Gasteiger partial charge on any atom is 0.262 e. The van der Waals surface area contributed by atoms with Gasteiger partial charge in [-0.1, -0.05) is 42.1 Å². The average Bonchev–Trinajstić information content (AvgIpc) is 3.26. The number of aliphatic hydroxyl groups is 4. The van der Waals surface area contributed by atoms with Crippen LogP contribution in [0.2, 0.25) is 0 Å². The first-order valence-electron chi connectivity index (χ1n) is 9.73. The second kappa shape index (κ2) is 7.56. The molecule has 5 atom stereocenters. The number of thioether (sulfide) groups is 1. The van der Waals surface area contributed by atoms with E-state index < -0.39 is 43.2 Å². The third-order valence-electron chi connectivity index (χ3n) is 5.76. The lowest BCUT2D eigenvalue weighted by atomic mass is 9.97. The van der Waals surface area contributed by atoms with E-state index in [1.54, 1.807) is 36.4 Å². The van der Waals surface area contributed by atoms with Crippen LogP contribution in [0, 0.1) is 0 Å². The largest absolute Gasteiger partial charge is 0.394 e. The van der Waals surface area contributed by atoms with Crippen molar-refractivity contribution in [3.05, 3.63) is 64.6 Å². The van der Waals surface area contributed by atoms with Gasteiger partial charge in [-0.25, -0.2) is 0 Å². The summed E-state index contributed by atoms with van der Waals surface area (Å²) in [5, 5.41) is 40.4. The molecule has 1 saturated heterocycles. The Labute approximate surface area is 181 Å². The minimum absolute atomic E-state index is 0.193. The number of Topliss-reactive ketones (excluding diaryl/α,β-unsaturated/α-hetero) is 1. The average molecular weight is 441 g/mol. The fourth-order valence-corrected chi connectivity index (χ4v) is 5.33. The molecule has 0 radical (unpaired) electrons. The summed E-state index contributed by atoms with van der Waals surface area (Å²) >= 11 is 1.21. The molecule has 5 rings (SSSR count). The van der Waals surface area contributed by atoms with Gasteiger partial charge < -0.3 is 25.2 Å². The quantitative estimate of drug-likeness (QED) is 0.497. The molecule has 1 fully saturated rings. The van der Waals surface area contributed by atoms with Gasteiger partial charge in [0.2, 0.25) is 5.78 Å². The zero-order valence-corrected chi connectivity index (χ0v) is 16.9. The molecular formula is C22H19NO7S. The number of ether oxygens (including phenoxy) is 1. The van der Waals surface area contributed by atoms with Crippen molar-refractivity contribution in [3.63, 3.8) is 0 Å². The zero-order valence-electron chi connectivity index (χ0n) is 16.1. The molecule has 3 heterocycles. The maximum absolute atomic E-state index is 13.6. The van der Waals surface area contributed by atoms with Gasteiger partial charge in [0.1, 0.15) is 24.4 Å². The number of ketones is 1. The lowest BCUT2D eigenvalue weighted by molar-refractivity contribution is -0.228. The van der Waals surface area contributed by atoms with Crippen molar-refractivity contribution in [1.82, 2.24) is 0 Å². The lowest BCUT2D eigenvalue weighted by Gasteiger charge is -2.43. The van der Waals surface area contributed by atoms with Gasteiger partial charge in [0.05, 0.1) is 22.8 Å². The monoisotopic (exact) mass is 441 g/mol. The van der Waals surface area contributed by atoms with E-state index in [9.17, 15) is 30.0 Å². The fourth-order valence-electron chi connectivity index (χ4n) is 4.19. The van der Waals surface area contributed by atoms with Crippen LogP contribution >= 0.6 is 11.8 Å². The summed E-state index contributed by atoms with van der Waals surface area (Å²) in [6.45, 7) is -0.608. The van der Waals surface area contributed by atoms with Crippen molar-refractivity contribution in [1.29, 1.82) is 0 Å². The molecule has 31 heavy (non-hydrogen) atoms. The number of aliphatic hydroxyl groups excluding tert-OH is 4. The molecule has 2 aromatic rings. The summed E-state index contributed by atoms with van der Waals surface area (Å²) in [6.07, 6.45) is -7.30. The molecule has 2 aromatic carbocycles. The smallest absolute Gasteiger partial charge is 0.262 e. The van der Waals surface area contributed by atoms with Gasteiger partial charge in [-0.15, -0.1) is 0 Å². The Morgan fingerprint density at radius 2 is 1.58 bits per heavy atom. The normalized spacial score (nSPS) is 32.4. The number of benzene rings is 2. The van der Waals surface area contributed by atoms with Crippen molar-refractivity contribution in [2.45, 2.75) is 35.5 Å². The van der Waals surface area contributed by atoms with Gasteiger partial charge in [0, 0.05) is 16.0 Å². The van der Waals surface area contributed by atoms with Gasteiger partial charge in [0.25, 0.3) is 5.91 Å². The van der Waals surface area contributed by atoms with Crippen LogP contribution in [0.1, 0.15) is 15.9 Å².